The monoisotopic (exact) mass is 280 g/mol. The molecule has 0 bridgehead atoms. The molecule has 0 saturated heterocycles. The van der Waals surface area contributed by atoms with Gasteiger partial charge >= 0.3 is 0 Å². The molecule has 3 heteroatoms. The summed E-state index contributed by atoms with van der Waals surface area (Å²) < 4.78 is 5.62. The summed E-state index contributed by atoms with van der Waals surface area (Å²) in [6.07, 6.45) is 2.85. The van der Waals surface area contributed by atoms with Crippen LogP contribution in [0.15, 0.2) is 12.1 Å². The molecule has 104 valence electrons. The van der Waals surface area contributed by atoms with Gasteiger partial charge in [0.25, 0.3) is 0 Å². The van der Waals surface area contributed by atoms with Crippen molar-refractivity contribution in [2.45, 2.75) is 46.5 Å². The van der Waals surface area contributed by atoms with Gasteiger partial charge in [0.1, 0.15) is 11.5 Å². The first kappa shape index (κ1) is 14.4. The molecule has 1 aliphatic heterocycles. The zero-order chi connectivity index (χ0) is 14.0. The summed E-state index contributed by atoms with van der Waals surface area (Å²) in [7, 11) is 0. The molecule has 2 nitrogen and oxygen atoms in total. The van der Waals surface area contributed by atoms with Gasteiger partial charge in [-0.25, -0.2) is 0 Å². The number of carbonyl (C=O) groups is 1. The molecule has 0 fully saturated rings. The topological polar surface area (TPSA) is 26.3 Å². The van der Waals surface area contributed by atoms with Crippen LogP contribution in [0.3, 0.4) is 0 Å². The van der Waals surface area contributed by atoms with Gasteiger partial charge in [0.15, 0.2) is 0 Å². The van der Waals surface area contributed by atoms with Gasteiger partial charge in [-0.3, -0.25) is 4.79 Å². The van der Waals surface area contributed by atoms with Crippen molar-refractivity contribution in [3.63, 3.8) is 0 Å². The number of carbonyl (C=O) groups excluding carboxylic acids is 1. The molecular formula is C16H21ClO2. The van der Waals surface area contributed by atoms with Crippen molar-refractivity contribution in [1.82, 2.24) is 0 Å². The Morgan fingerprint density at radius 1 is 1.37 bits per heavy atom. The quantitative estimate of drug-likeness (QED) is 0.826. The van der Waals surface area contributed by atoms with E-state index < -0.39 is 0 Å². The van der Waals surface area contributed by atoms with Crippen molar-refractivity contribution >= 4 is 17.4 Å². The predicted octanol–water partition coefficient (Wildman–Crippen LogP) is 4.21. The number of fused-ring (bicyclic) bond motifs is 1. The standard InChI is InChI=1S/C16H21ClO2/c1-16(2,3)6-4-14(18)10-12-9-13(17)8-11-5-7-19-15(11)12/h8-9H,4-7,10H2,1-3H3. The number of hydrogen-bond acceptors (Lipinski definition) is 2. The highest BCUT2D eigenvalue weighted by molar-refractivity contribution is 6.30. The van der Waals surface area contributed by atoms with E-state index in [0.29, 0.717) is 24.5 Å². The molecule has 2 rings (SSSR count). The second-order valence-electron chi connectivity index (χ2n) is 6.43. The molecule has 1 aromatic rings. The predicted molar refractivity (Wildman–Crippen MR) is 78.1 cm³/mol. The Kier molecular flexibility index (Phi) is 4.19. The van der Waals surface area contributed by atoms with Gasteiger partial charge in [-0.05, 0) is 29.5 Å². The number of rotatable bonds is 4. The normalized spacial score (nSPS) is 14.1. The second kappa shape index (κ2) is 5.54. The van der Waals surface area contributed by atoms with E-state index in [-0.39, 0.29) is 11.2 Å². The second-order valence-corrected chi connectivity index (χ2v) is 6.86. The van der Waals surface area contributed by atoms with Crippen LogP contribution in [0.2, 0.25) is 5.02 Å². The van der Waals surface area contributed by atoms with Crippen LogP contribution in [0.25, 0.3) is 0 Å². The fraction of sp³-hybridized carbons (Fsp3) is 0.562. The minimum atomic E-state index is 0.197. The summed E-state index contributed by atoms with van der Waals surface area (Å²) >= 11 is 6.09. The molecule has 0 amide bonds. The summed E-state index contributed by atoms with van der Waals surface area (Å²) in [4.78, 5) is 12.1. The summed E-state index contributed by atoms with van der Waals surface area (Å²) in [6.45, 7) is 7.15. The van der Waals surface area contributed by atoms with E-state index in [4.69, 9.17) is 16.3 Å². The van der Waals surface area contributed by atoms with Gasteiger partial charge in [-0.15, -0.1) is 0 Å². The average molecular weight is 281 g/mol. The van der Waals surface area contributed by atoms with Crippen molar-refractivity contribution < 1.29 is 9.53 Å². The molecule has 0 unspecified atom stereocenters. The van der Waals surface area contributed by atoms with Gasteiger partial charge in [-0.2, -0.15) is 0 Å². The lowest BCUT2D eigenvalue weighted by molar-refractivity contribution is -0.118. The lowest BCUT2D eigenvalue weighted by atomic mass is 9.88. The zero-order valence-electron chi connectivity index (χ0n) is 11.9. The van der Waals surface area contributed by atoms with Crippen molar-refractivity contribution in [3.8, 4) is 5.75 Å². The van der Waals surface area contributed by atoms with Crippen LogP contribution in [0, 0.1) is 5.41 Å². The van der Waals surface area contributed by atoms with E-state index in [1.54, 1.807) is 0 Å². The van der Waals surface area contributed by atoms with Crippen molar-refractivity contribution in [1.29, 1.82) is 0 Å². The molecule has 0 N–H and O–H groups in total. The van der Waals surface area contributed by atoms with Crippen LogP contribution in [0.5, 0.6) is 5.75 Å². The smallest absolute Gasteiger partial charge is 0.137 e. The van der Waals surface area contributed by atoms with E-state index in [2.05, 4.69) is 20.8 Å². The number of benzene rings is 1. The Labute approximate surface area is 120 Å². The highest BCUT2D eigenvalue weighted by atomic mass is 35.5. The van der Waals surface area contributed by atoms with E-state index in [9.17, 15) is 4.79 Å². The third kappa shape index (κ3) is 3.97. The summed E-state index contributed by atoms with van der Waals surface area (Å²) in [5.74, 6) is 1.14. The minimum Gasteiger partial charge on any atom is -0.493 e. The maximum atomic E-state index is 12.1. The number of ketones is 1. The molecule has 0 radical (unpaired) electrons. The third-order valence-electron chi connectivity index (χ3n) is 3.37. The average Bonchev–Trinajstić information content (AvgIpc) is 2.73. The Hall–Kier alpha value is -1.02. The molecule has 1 heterocycles. The van der Waals surface area contributed by atoms with Crippen molar-refractivity contribution in [2.75, 3.05) is 6.61 Å². The Morgan fingerprint density at radius 2 is 2.11 bits per heavy atom. The molecular weight excluding hydrogens is 260 g/mol. The Balaban J connectivity index is 2.05. The number of ether oxygens (including phenoxy) is 1. The zero-order valence-corrected chi connectivity index (χ0v) is 12.6. The van der Waals surface area contributed by atoms with Crippen LogP contribution in [-0.4, -0.2) is 12.4 Å². The fourth-order valence-electron chi connectivity index (χ4n) is 2.29. The largest absolute Gasteiger partial charge is 0.493 e. The van der Waals surface area contributed by atoms with E-state index in [0.717, 1.165) is 29.7 Å². The molecule has 0 aromatic heterocycles. The van der Waals surface area contributed by atoms with Gasteiger partial charge in [0.2, 0.25) is 0 Å². The molecule has 19 heavy (non-hydrogen) atoms. The van der Waals surface area contributed by atoms with Gasteiger partial charge in [-0.1, -0.05) is 32.4 Å². The Bertz CT molecular complexity index is 486. The summed E-state index contributed by atoms with van der Waals surface area (Å²) in [5, 5.41) is 0.697. The van der Waals surface area contributed by atoms with Crippen molar-refractivity contribution in [3.05, 3.63) is 28.3 Å². The minimum absolute atomic E-state index is 0.197. The maximum Gasteiger partial charge on any atom is 0.137 e. The number of Topliss-reactive ketones (excluding diaryl/α,β-unsaturated/α-hetero) is 1. The highest BCUT2D eigenvalue weighted by Crippen LogP contribution is 2.33. The van der Waals surface area contributed by atoms with Crippen LogP contribution in [0.1, 0.15) is 44.7 Å². The fourth-order valence-corrected chi connectivity index (χ4v) is 2.56. The lowest BCUT2D eigenvalue weighted by Crippen LogP contribution is -2.11. The van der Waals surface area contributed by atoms with E-state index in [1.807, 2.05) is 12.1 Å². The van der Waals surface area contributed by atoms with E-state index in [1.165, 1.54) is 0 Å². The summed E-state index contributed by atoms with van der Waals surface area (Å²) in [5.41, 5.74) is 2.27. The molecule has 1 aromatic carbocycles. The highest BCUT2D eigenvalue weighted by Gasteiger charge is 2.20. The first-order valence-corrected chi connectivity index (χ1v) is 7.19. The maximum absolute atomic E-state index is 12.1. The SMILES string of the molecule is CC(C)(C)CCC(=O)Cc1cc(Cl)cc2c1OCC2. The molecule has 0 spiro atoms. The lowest BCUT2D eigenvalue weighted by Gasteiger charge is -2.17. The first-order valence-electron chi connectivity index (χ1n) is 6.81. The van der Waals surface area contributed by atoms with Gasteiger partial charge < -0.3 is 4.74 Å². The van der Waals surface area contributed by atoms with Crippen LogP contribution < -0.4 is 4.74 Å². The van der Waals surface area contributed by atoms with Gasteiger partial charge in [0.05, 0.1) is 6.61 Å². The molecule has 0 atom stereocenters. The first-order chi connectivity index (χ1) is 8.85. The van der Waals surface area contributed by atoms with Gasteiger partial charge in [0, 0.05) is 29.8 Å². The molecule has 0 aliphatic carbocycles. The van der Waals surface area contributed by atoms with Crippen LogP contribution >= 0.6 is 11.6 Å². The third-order valence-corrected chi connectivity index (χ3v) is 3.59. The summed E-state index contributed by atoms with van der Waals surface area (Å²) in [6, 6.07) is 3.80. The Morgan fingerprint density at radius 3 is 2.79 bits per heavy atom. The van der Waals surface area contributed by atoms with Crippen molar-refractivity contribution in [2.24, 2.45) is 5.41 Å². The van der Waals surface area contributed by atoms with Crippen LogP contribution in [-0.2, 0) is 17.6 Å². The number of hydrogen-bond donors (Lipinski definition) is 0. The number of halogens is 1. The molecule has 1 aliphatic rings. The van der Waals surface area contributed by atoms with Crippen LogP contribution in [0.4, 0.5) is 0 Å². The van der Waals surface area contributed by atoms with E-state index >= 15 is 0 Å². The molecule has 0 saturated carbocycles.